The lowest BCUT2D eigenvalue weighted by Gasteiger charge is -2.26. The van der Waals surface area contributed by atoms with E-state index in [2.05, 4.69) is 15.6 Å². The first-order valence-electron chi connectivity index (χ1n) is 4.81. The molecule has 0 unspecified atom stereocenters. The maximum atomic E-state index is 13.6. The molecule has 0 aromatic heterocycles. The molecule has 0 spiro atoms. The molecule has 0 aromatic carbocycles. The highest BCUT2D eigenvalue weighted by molar-refractivity contribution is 7.55. The normalized spacial score (nSPS) is 12.9. The second kappa shape index (κ2) is 5.73. The Morgan fingerprint density at radius 2 is 1.67 bits per heavy atom. The highest BCUT2D eigenvalue weighted by Crippen LogP contribution is 2.64. The third-order valence-corrected chi connectivity index (χ3v) is 3.99. The van der Waals surface area contributed by atoms with Crippen molar-refractivity contribution in [2.24, 2.45) is 0 Å². The molecule has 0 fully saturated rings. The van der Waals surface area contributed by atoms with Crippen molar-refractivity contribution in [3.63, 3.8) is 0 Å². The number of halogens is 2. The van der Waals surface area contributed by atoms with Gasteiger partial charge >= 0.3 is 13.3 Å². The van der Waals surface area contributed by atoms with Crippen LogP contribution in [0.4, 0.5) is 8.78 Å². The SMILES string of the molecule is C=C(CC)C(F)(F)P(=O)(OCC)OCC. The Bertz CT molecular complexity index is 256. The van der Waals surface area contributed by atoms with E-state index in [4.69, 9.17) is 0 Å². The maximum absolute atomic E-state index is 13.6. The van der Waals surface area contributed by atoms with Crippen LogP contribution < -0.4 is 0 Å². The minimum atomic E-state index is -4.43. The summed E-state index contributed by atoms with van der Waals surface area (Å²) in [4.78, 5) is 0. The van der Waals surface area contributed by atoms with Gasteiger partial charge in [0, 0.05) is 5.57 Å². The van der Waals surface area contributed by atoms with Crippen LogP contribution in [-0.2, 0) is 13.6 Å². The van der Waals surface area contributed by atoms with Gasteiger partial charge in [-0.05, 0) is 20.3 Å². The first kappa shape index (κ1) is 14.8. The molecule has 0 aliphatic heterocycles. The Morgan fingerprint density at radius 1 is 1.27 bits per heavy atom. The van der Waals surface area contributed by atoms with E-state index in [0.29, 0.717) is 0 Å². The van der Waals surface area contributed by atoms with Gasteiger partial charge in [0.15, 0.2) is 0 Å². The molecule has 0 aromatic rings. The number of hydrogen-bond donors (Lipinski definition) is 0. The summed E-state index contributed by atoms with van der Waals surface area (Å²) in [5.74, 6) is 0. The van der Waals surface area contributed by atoms with E-state index in [-0.39, 0.29) is 19.6 Å². The van der Waals surface area contributed by atoms with Crippen molar-refractivity contribution in [2.75, 3.05) is 13.2 Å². The summed E-state index contributed by atoms with van der Waals surface area (Å²) < 4.78 is 48.2. The molecule has 0 saturated carbocycles. The van der Waals surface area contributed by atoms with Crippen LogP contribution in [0.3, 0.4) is 0 Å². The van der Waals surface area contributed by atoms with Crippen LogP contribution in [0.1, 0.15) is 27.2 Å². The first-order chi connectivity index (χ1) is 6.85. The van der Waals surface area contributed by atoms with Crippen molar-refractivity contribution < 1.29 is 22.4 Å². The number of allylic oxidation sites excluding steroid dienone is 1. The zero-order valence-corrected chi connectivity index (χ0v) is 10.2. The van der Waals surface area contributed by atoms with E-state index in [0.717, 1.165) is 0 Å². The summed E-state index contributed by atoms with van der Waals surface area (Å²) in [6, 6.07) is 0. The monoisotopic (exact) mass is 242 g/mol. The molecule has 90 valence electrons. The topological polar surface area (TPSA) is 35.5 Å². The van der Waals surface area contributed by atoms with E-state index in [1.165, 1.54) is 20.8 Å². The van der Waals surface area contributed by atoms with Gasteiger partial charge in [0.25, 0.3) is 0 Å². The van der Waals surface area contributed by atoms with Crippen LogP contribution in [-0.4, -0.2) is 18.9 Å². The van der Waals surface area contributed by atoms with Gasteiger partial charge in [-0.15, -0.1) is 0 Å². The van der Waals surface area contributed by atoms with Crippen molar-refractivity contribution in [1.29, 1.82) is 0 Å². The van der Waals surface area contributed by atoms with Crippen molar-refractivity contribution in [3.05, 3.63) is 12.2 Å². The summed E-state index contributed by atoms with van der Waals surface area (Å²) in [5.41, 5.74) is -4.05. The van der Waals surface area contributed by atoms with Crippen molar-refractivity contribution in [2.45, 2.75) is 32.9 Å². The molecule has 0 aliphatic carbocycles. The average Bonchev–Trinajstić information content (AvgIpc) is 2.17. The standard InChI is InChI=1S/C9H17F2O3P/c1-5-8(4)9(10,11)15(12,13-6-2)14-7-3/h4-7H2,1-3H3. The number of rotatable bonds is 7. The maximum Gasteiger partial charge on any atom is 0.404 e. The summed E-state index contributed by atoms with van der Waals surface area (Å²) in [5, 5.41) is 0. The van der Waals surface area contributed by atoms with Gasteiger partial charge in [-0.25, -0.2) is 0 Å². The Morgan fingerprint density at radius 3 is 1.93 bits per heavy atom. The van der Waals surface area contributed by atoms with Gasteiger partial charge < -0.3 is 9.05 Å². The van der Waals surface area contributed by atoms with Crippen LogP contribution in [0.5, 0.6) is 0 Å². The van der Waals surface area contributed by atoms with Gasteiger partial charge in [-0.3, -0.25) is 4.57 Å². The van der Waals surface area contributed by atoms with E-state index in [1.54, 1.807) is 0 Å². The molecule has 0 saturated heterocycles. The Kier molecular flexibility index (Phi) is 5.63. The van der Waals surface area contributed by atoms with E-state index in [1.807, 2.05) is 0 Å². The predicted molar refractivity (Wildman–Crippen MR) is 55.2 cm³/mol. The van der Waals surface area contributed by atoms with Crippen molar-refractivity contribution >= 4 is 7.60 Å². The molecule has 0 aliphatic rings. The molecule has 15 heavy (non-hydrogen) atoms. The molecular weight excluding hydrogens is 225 g/mol. The molecule has 0 radical (unpaired) electrons. The molecule has 0 rings (SSSR count). The van der Waals surface area contributed by atoms with Crippen LogP contribution in [0, 0.1) is 0 Å². The zero-order chi connectivity index (χ0) is 12.1. The fraction of sp³-hybridized carbons (Fsp3) is 0.778. The highest BCUT2D eigenvalue weighted by atomic mass is 31.2. The second-order valence-corrected chi connectivity index (χ2v) is 4.90. The Hall–Kier alpha value is -0.250. The Balaban J connectivity index is 5.05. The summed E-state index contributed by atoms with van der Waals surface area (Å²) >= 11 is 0. The van der Waals surface area contributed by atoms with Gasteiger partial charge in [-0.2, -0.15) is 8.78 Å². The van der Waals surface area contributed by atoms with Crippen molar-refractivity contribution in [1.82, 2.24) is 0 Å². The largest absolute Gasteiger partial charge is 0.404 e. The average molecular weight is 242 g/mol. The molecule has 0 bridgehead atoms. The van der Waals surface area contributed by atoms with Gasteiger partial charge in [-0.1, -0.05) is 13.5 Å². The lowest BCUT2D eigenvalue weighted by Crippen LogP contribution is -2.22. The molecule has 0 atom stereocenters. The molecule has 6 heteroatoms. The lowest BCUT2D eigenvalue weighted by atomic mass is 10.2. The molecule has 3 nitrogen and oxygen atoms in total. The fourth-order valence-electron chi connectivity index (χ4n) is 0.946. The summed E-state index contributed by atoms with van der Waals surface area (Å²) in [7, 11) is -4.43. The highest BCUT2D eigenvalue weighted by Gasteiger charge is 2.54. The van der Waals surface area contributed by atoms with Crippen LogP contribution >= 0.6 is 7.60 Å². The zero-order valence-electron chi connectivity index (χ0n) is 9.26. The second-order valence-electron chi connectivity index (χ2n) is 2.83. The number of alkyl halides is 2. The molecular formula is C9H17F2O3P. The molecule has 0 N–H and O–H groups in total. The number of hydrogen-bond acceptors (Lipinski definition) is 3. The third kappa shape index (κ3) is 3.10. The predicted octanol–water partition coefficient (Wildman–Crippen LogP) is 3.81. The Labute approximate surface area is 89.0 Å². The minimum absolute atomic E-state index is 0.0249. The van der Waals surface area contributed by atoms with Crippen LogP contribution in [0.2, 0.25) is 0 Å². The molecule has 0 amide bonds. The van der Waals surface area contributed by atoms with E-state index < -0.39 is 18.8 Å². The van der Waals surface area contributed by atoms with Crippen LogP contribution in [0.25, 0.3) is 0 Å². The van der Waals surface area contributed by atoms with Crippen molar-refractivity contribution in [3.8, 4) is 0 Å². The van der Waals surface area contributed by atoms with Gasteiger partial charge in [0.1, 0.15) is 0 Å². The van der Waals surface area contributed by atoms with Crippen LogP contribution in [0.15, 0.2) is 12.2 Å². The fourth-order valence-corrected chi connectivity index (χ4v) is 2.57. The first-order valence-corrected chi connectivity index (χ1v) is 6.35. The smallest absolute Gasteiger partial charge is 0.304 e. The van der Waals surface area contributed by atoms with E-state index in [9.17, 15) is 13.3 Å². The molecule has 0 heterocycles. The van der Waals surface area contributed by atoms with E-state index >= 15 is 0 Å². The van der Waals surface area contributed by atoms with Gasteiger partial charge in [0.2, 0.25) is 0 Å². The quantitative estimate of drug-likeness (QED) is 0.503. The lowest BCUT2D eigenvalue weighted by molar-refractivity contribution is 0.0678. The minimum Gasteiger partial charge on any atom is -0.304 e. The third-order valence-electron chi connectivity index (χ3n) is 1.79. The van der Waals surface area contributed by atoms with Gasteiger partial charge in [0.05, 0.1) is 13.2 Å². The summed E-state index contributed by atoms with van der Waals surface area (Å²) in [6.45, 7) is 7.48. The summed E-state index contributed by atoms with van der Waals surface area (Å²) in [6.07, 6.45) is 0.0249.